The van der Waals surface area contributed by atoms with Crippen LogP contribution in [0.5, 0.6) is 5.75 Å². The molecule has 0 atom stereocenters. The van der Waals surface area contributed by atoms with Gasteiger partial charge < -0.3 is 14.0 Å². The zero-order valence-corrected chi connectivity index (χ0v) is 18.7. The lowest BCUT2D eigenvalue weighted by Crippen LogP contribution is -2.02. The Balaban J connectivity index is 1.41. The second kappa shape index (κ2) is 10.2. The Hall–Kier alpha value is -3.53. The van der Waals surface area contributed by atoms with E-state index in [2.05, 4.69) is 66.2 Å². The summed E-state index contributed by atoms with van der Waals surface area (Å²) in [6, 6.07) is 25.2. The molecule has 0 aliphatic heterocycles. The minimum Gasteiger partial charge on any atom is -0.489 e. The van der Waals surface area contributed by atoms with Crippen LogP contribution < -0.4 is 4.74 Å². The SMILES string of the molecule is CCCn1ccc2cc(-c3cccc(COc4ccc(CCC(=O)OC)cc4)c3)ccc21. The van der Waals surface area contributed by atoms with Crippen molar-refractivity contribution in [1.29, 1.82) is 0 Å². The number of fused-ring (bicyclic) bond motifs is 1. The maximum Gasteiger partial charge on any atom is 0.305 e. The first kappa shape index (κ1) is 21.7. The van der Waals surface area contributed by atoms with Gasteiger partial charge >= 0.3 is 5.97 Å². The molecule has 0 radical (unpaired) electrons. The van der Waals surface area contributed by atoms with E-state index in [0.29, 0.717) is 19.4 Å². The van der Waals surface area contributed by atoms with Gasteiger partial charge in [0.05, 0.1) is 7.11 Å². The fourth-order valence-electron chi connectivity index (χ4n) is 3.92. The van der Waals surface area contributed by atoms with Crippen LogP contribution in [0.1, 0.15) is 30.9 Å². The minimum atomic E-state index is -0.192. The molecule has 0 aliphatic rings. The van der Waals surface area contributed by atoms with Crippen LogP contribution in [0, 0.1) is 0 Å². The van der Waals surface area contributed by atoms with Crippen molar-refractivity contribution >= 4 is 16.9 Å². The Bertz CT molecular complexity index is 1190. The molecule has 1 heterocycles. The molecule has 0 unspecified atom stereocenters. The lowest BCUT2D eigenvalue weighted by atomic mass is 10.0. The van der Waals surface area contributed by atoms with E-state index in [-0.39, 0.29) is 5.97 Å². The summed E-state index contributed by atoms with van der Waals surface area (Å²) in [5.74, 6) is 0.624. The van der Waals surface area contributed by atoms with Crippen molar-refractivity contribution in [2.24, 2.45) is 0 Å². The molecule has 0 fully saturated rings. The largest absolute Gasteiger partial charge is 0.489 e. The van der Waals surface area contributed by atoms with Crippen molar-refractivity contribution < 1.29 is 14.3 Å². The highest BCUT2D eigenvalue weighted by molar-refractivity contribution is 5.85. The third kappa shape index (κ3) is 5.20. The summed E-state index contributed by atoms with van der Waals surface area (Å²) >= 11 is 0. The van der Waals surface area contributed by atoms with Gasteiger partial charge in [-0.05, 0) is 71.5 Å². The number of benzene rings is 3. The van der Waals surface area contributed by atoms with Gasteiger partial charge in [0.2, 0.25) is 0 Å². The van der Waals surface area contributed by atoms with Gasteiger partial charge in [-0.1, -0.05) is 43.3 Å². The van der Waals surface area contributed by atoms with Gasteiger partial charge in [-0.25, -0.2) is 0 Å². The van der Waals surface area contributed by atoms with Crippen molar-refractivity contribution in [2.75, 3.05) is 7.11 Å². The standard InChI is InChI=1S/C28H29NO3/c1-3-16-29-17-15-25-19-24(10-13-27(25)29)23-6-4-5-22(18-23)20-32-26-11-7-21(8-12-26)9-14-28(30)31-2/h4-8,10-13,15,17-19H,3,9,14,16,20H2,1-2H3. The highest BCUT2D eigenvalue weighted by Gasteiger charge is 2.06. The zero-order chi connectivity index (χ0) is 22.3. The van der Waals surface area contributed by atoms with Crippen LogP contribution in [-0.4, -0.2) is 17.6 Å². The molecule has 164 valence electrons. The summed E-state index contributed by atoms with van der Waals surface area (Å²) in [4.78, 5) is 11.3. The van der Waals surface area contributed by atoms with Crippen molar-refractivity contribution in [3.05, 3.63) is 90.1 Å². The van der Waals surface area contributed by atoms with E-state index in [1.807, 2.05) is 24.3 Å². The predicted molar refractivity (Wildman–Crippen MR) is 129 cm³/mol. The van der Waals surface area contributed by atoms with Crippen molar-refractivity contribution in [2.45, 2.75) is 39.3 Å². The summed E-state index contributed by atoms with van der Waals surface area (Å²) in [6.07, 6.45) is 4.35. The maximum atomic E-state index is 11.3. The first-order chi connectivity index (χ1) is 15.7. The molecule has 4 rings (SSSR count). The van der Waals surface area contributed by atoms with Gasteiger partial charge in [0.15, 0.2) is 0 Å². The minimum absolute atomic E-state index is 0.192. The molecular formula is C28H29NO3. The lowest BCUT2D eigenvalue weighted by molar-refractivity contribution is -0.140. The van der Waals surface area contributed by atoms with Gasteiger partial charge in [0.1, 0.15) is 12.4 Å². The average Bonchev–Trinajstić information content (AvgIpc) is 3.24. The van der Waals surface area contributed by atoms with Crippen molar-refractivity contribution in [3.63, 3.8) is 0 Å². The monoisotopic (exact) mass is 427 g/mol. The molecule has 0 bridgehead atoms. The van der Waals surface area contributed by atoms with Crippen LogP contribution in [0.3, 0.4) is 0 Å². The number of hydrogen-bond acceptors (Lipinski definition) is 3. The normalized spacial score (nSPS) is 10.9. The molecule has 4 aromatic rings. The molecule has 4 nitrogen and oxygen atoms in total. The smallest absolute Gasteiger partial charge is 0.305 e. The van der Waals surface area contributed by atoms with Gasteiger partial charge in [0, 0.05) is 30.1 Å². The highest BCUT2D eigenvalue weighted by Crippen LogP contribution is 2.26. The number of esters is 1. The first-order valence-electron chi connectivity index (χ1n) is 11.1. The van der Waals surface area contributed by atoms with Crippen LogP contribution in [0.15, 0.2) is 79.0 Å². The Morgan fingerprint density at radius 2 is 1.72 bits per heavy atom. The predicted octanol–water partition coefficient (Wildman–Crippen LogP) is 6.40. The molecule has 0 aliphatic carbocycles. The first-order valence-corrected chi connectivity index (χ1v) is 11.1. The molecule has 4 heteroatoms. The van der Waals surface area contributed by atoms with Crippen LogP contribution in [-0.2, 0) is 29.1 Å². The molecule has 1 aromatic heterocycles. The number of ether oxygens (including phenoxy) is 2. The quantitative estimate of drug-likeness (QED) is 0.290. The molecule has 0 spiro atoms. The Labute approximate surface area is 189 Å². The Morgan fingerprint density at radius 3 is 2.50 bits per heavy atom. The molecule has 32 heavy (non-hydrogen) atoms. The van der Waals surface area contributed by atoms with E-state index < -0.39 is 0 Å². The number of aromatic nitrogens is 1. The van der Waals surface area contributed by atoms with Crippen molar-refractivity contribution in [1.82, 2.24) is 4.57 Å². The Kier molecular flexibility index (Phi) is 6.90. The van der Waals surface area contributed by atoms with E-state index in [4.69, 9.17) is 9.47 Å². The molecule has 0 saturated heterocycles. The molecule has 0 saturated carbocycles. The van der Waals surface area contributed by atoms with E-state index in [1.165, 1.54) is 29.1 Å². The number of carbonyl (C=O) groups excluding carboxylic acids is 1. The van der Waals surface area contributed by atoms with E-state index >= 15 is 0 Å². The fourth-order valence-corrected chi connectivity index (χ4v) is 3.92. The second-order valence-electron chi connectivity index (χ2n) is 7.99. The summed E-state index contributed by atoms with van der Waals surface area (Å²) in [7, 11) is 1.41. The summed E-state index contributed by atoms with van der Waals surface area (Å²) in [5.41, 5.74) is 5.90. The van der Waals surface area contributed by atoms with Gasteiger partial charge in [-0.2, -0.15) is 0 Å². The molecule has 0 amide bonds. The van der Waals surface area contributed by atoms with E-state index in [1.54, 1.807) is 0 Å². The summed E-state index contributed by atoms with van der Waals surface area (Å²) < 4.78 is 13.0. The topological polar surface area (TPSA) is 40.5 Å². The van der Waals surface area contributed by atoms with Gasteiger partial charge in [-0.15, -0.1) is 0 Å². The maximum absolute atomic E-state index is 11.3. The van der Waals surface area contributed by atoms with Crippen LogP contribution in [0.2, 0.25) is 0 Å². The fraction of sp³-hybridized carbons (Fsp3) is 0.250. The zero-order valence-electron chi connectivity index (χ0n) is 18.7. The molecular weight excluding hydrogens is 398 g/mol. The number of methoxy groups -OCH3 is 1. The number of nitrogens with zero attached hydrogens (tertiary/aromatic N) is 1. The summed E-state index contributed by atoms with van der Waals surface area (Å²) in [5, 5.41) is 1.27. The second-order valence-corrected chi connectivity index (χ2v) is 7.99. The van der Waals surface area contributed by atoms with E-state index in [9.17, 15) is 4.79 Å². The van der Waals surface area contributed by atoms with E-state index in [0.717, 1.165) is 29.8 Å². The third-order valence-corrected chi connectivity index (χ3v) is 5.67. The van der Waals surface area contributed by atoms with Crippen LogP contribution in [0.4, 0.5) is 0 Å². The average molecular weight is 428 g/mol. The van der Waals surface area contributed by atoms with Crippen LogP contribution in [0.25, 0.3) is 22.0 Å². The number of rotatable bonds is 9. The van der Waals surface area contributed by atoms with Gasteiger partial charge in [-0.3, -0.25) is 4.79 Å². The Morgan fingerprint density at radius 1 is 0.906 bits per heavy atom. The van der Waals surface area contributed by atoms with Crippen LogP contribution >= 0.6 is 0 Å². The number of aryl methyl sites for hydroxylation is 2. The lowest BCUT2D eigenvalue weighted by Gasteiger charge is -2.10. The summed E-state index contributed by atoms with van der Waals surface area (Å²) in [6.45, 7) is 3.75. The number of carbonyl (C=O) groups is 1. The van der Waals surface area contributed by atoms with Crippen molar-refractivity contribution in [3.8, 4) is 16.9 Å². The number of hydrogen-bond donors (Lipinski definition) is 0. The molecule has 0 N–H and O–H groups in total. The highest BCUT2D eigenvalue weighted by atomic mass is 16.5. The van der Waals surface area contributed by atoms with Gasteiger partial charge in [0.25, 0.3) is 0 Å². The third-order valence-electron chi connectivity index (χ3n) is 5.67. The molecule has 3 aromatic carbocycles.